The molecule has 1 amide bonds. The smallest absolute Gasteiger partial charge is 0.223 e. The van der Waals surface area contributed by atoms with Crippen molar-refractivity contribution in [1.82, 2.24) is 15.1 Å². The summed E-state index contributed by atoms with van der Waals surface area (Å²) in [5.74, 6) is 0.460. The lowest BCUT2D eigenvalue weighted by Gasteiger charge is -2.40. The maximum atomic E-state index is 12.2. The Labute approximate surface area is 135 Å². The van der Waals surface area contributed by atoms with Crippen LogP contribution in [0.3, 0.4) is 0 Å². The number of nitrogens with one attached hydrogen (secondary N) is 1. The van der Waals surface area contributed by atoms with Crippen molar-refractivity contribution in [3.8, 4) is 0 Å². The van der Waals surface area contributed by atoms with Crippen molar-refractivity contribution in [3.63, 3.8) is 0 Å². The standard InChI is InChI=1S/C17H33N3O2/c1-13(2)20-8-5-15(6-9-20)17(21)18-7-10-19-11-16(12-19)22-14(3)4/h13-16H,5-12H2,1-4H3,(H,18,21). The zero-order chi connectivity index (χ0) is 16.1. The van der Waals surface area contributed by atoms with Crippen molar-refractivity contribution >= 4 is 5.91 Å². The lowest BCUT2D eigenvalue weighted by molar-refractivity contribution is -0.126. The summed E-state index contributed by atoms with van der Waals surface area (Å²) in [6.45, 7) is 14.4. The van der Waals surface area contributed by atoms with Crippen LogP contribution in [0.1, 0.15) is 40.5 Å². The Hall–Kier alpha value is -0.650. The van der Waals surface area contributed by atoms with E-state index >= 15 is 0 Å². The first kappa shape index (κ1) is 17.7. The van der Waals surface area contributed by atoms with E-state index in [9.17, 15) is 4.79 Å². The monoisotopic (exact) mass is 311 g/mol. The molecular weight excluding hydrogens is 278 g/mol. The highest BCUT2D eigenvalue weighted by Gasteiger charge is 2.28. The average Bonchev–Trinajstić information content (AvgIpc) is 2.44. The summed E-state index contributed by atoms with van der Waals surface area (Å²) in [5, 5.41) is 3.11. The Morgan fingerprint density at radius 3 is 2.36 bits per heavy atom. The van der Waals surface area contributed by atoms with Crippen LogP contribution in [0.2, 0.25) is 0 Å². The van der Waals surface area contributed by atoms with Crippen LogP contribution in [-0.2, 0) is 9.53 Å². The van der Waals surface area contributed by atoms with Gasteiger partial charge in [-0.2, -0.15) is 0 Å². The molecule has 2 rings (SSSR count). The van der Waals surface area contributed by atoms with E-state index in [2.05, 4.69) is 42.8 Å². The van der Waals surface area contributed by atoms with Gasteiger partial charge < -0.3 is 15.0 Å². The third-order valence-electron chi connectivity index (χ3n) is 4.75. The average molecular weight is 311 g/mol. The highest BCUT2D eigenvalue weighted by Crippen LogP contribution is 2.19. The Kier molecular flexibility index (Phi) is 6.66. The molecule has 5 heteroatoms. The zero-order valence-corrected chi connectivity index (χ0v) is 14.7. The molecule has 0 aromatic carbocycles. The van der Waals surface area contributed by atoms with Gasteiger partial charge in [0.25, 0.3) is 0 Å². The van der Waals surface area contributed by atoms with Crippen molar-refractivity contribution in [2.75, 3.05) is 39.3 Å². The Morgan fingerprint density at radius 1 is 1.18 bits per heavy atom. The Bertz CT molecular complexity index is 346. The first-order valence-corrected chi connectivity index (χ1v) is 8.85. The second-order valence-corrected chi connectivity index (χ2v) is 7.26. The highest BCUT2D eigenvalue weighted by molar-refractivity contribution is 5.78. The SMILES string of the molecule is CC(C)OC1CN(CCNC(=O)C2CCN(C(C)C)CC2)C1. The van der Waals surface area contributed by atoms with E-state index in [0.717, 1.165) is 52.1 Å². The molecule has 0 unspecified atom stereocenters. The molecule has 128 valence electrons. The molecule has 0 radical (unpaired) electrons. The van der Waals surface area contributed by atoms with Gasteiger partial charge in [-0.3, -0.25) is 9.69 Å². The molecule has 22 heavy (non-hydrogen) atoms. The molecule has 2 heterocycles. The Balaban J connectivity index is 1.54. The number of hydrogen-bond donors (Lipinski definition) is 1. The van der Waals surface area contributed by atoms with Gasteiger partial charge >= 0.3 is 0 Å². The third kappa shape index (κ3) is 5.21. The second kappa shape index (κ2) is 8.27. The number of piperidine rings is 1. The topological polar surface area (TPSA) is 44.8 Å². The number of likely N-dealkylation sites (tertiary alicyclic amines) is 2. The van der Waals surface area contributed by atoms with Crippen LogP contribution < -0.4 is 5.32 Å². The Morgan fingerprint density at radius 2 is 1.82 bits per heavy atom. The lowest BCUT2D eigenvalue weighted by Crippen LogP contribution is -2.55. The minimum absolute atomic E-state index is 0.211. The minimum atomic E-state index is 0.211. The van der Waals surface area contributed by atoms with Crippen molar-refractivity contribution in [1.29, 1.82) is 0 Å². The van der Waals surface area contributed by atoms with Crippen LogP contribution >= 0.6 is 0 Å². The molecule has 2 aliphatic rings. The van der Waals surface area contributed by atoms with Gasteiger partial charge in [-0.05, 0) is 53.6 Å². The summed E-state index contributed by atoms with van der Waals surface area (Å²) in [4.78, 5) is 17.0. The molecular formula is C17H33N3O2. The van der Waals surface area contributed by atoms with E-state index in [0.29, 0.717) is 18.2 Å². The second-order valence-electron chi connectivity index (χ2n) is 7.26. The number of amides is 1. The van der Waals surface area contributed by atoms with Crippen LogP contribution in [0.4, 0.5) is 0 Å². The number of rotatable bonds is 7. The van der Waals surface area contributed by atoms with E-state index in [1.807, 2.05) is 0 Å². The molecule has 0 aromatic rings. The van der Waals surface area contributed by atoms with Crippen LogP contribution in [-0.4, -0.2) is 73.2 Å². The molecule has 2 saturated heterocycles. The van der Waals surface area contributed by atoms with E-state index in [4.69, 9.17) is 4.74 Å². The summed E-state index contributed by atoms with van der Waals surface area (Å²) in [6.07, 6.45) is 2.69. The molecule has 0 bridgehead atoms. The fraction of sp³-hybridized carbons (Fsp3) is 0.941. The quantitative estimate of drug-likeness (QED) is 0.770. The lowest BCUT2D eigenvalue weighted by atomic mass is 9.95. The van der Waals surface area contributed by atoms with Crippen LogP contribution in [0.25, 0.3) is 0 Å². The maximum absolute atomic E-state index is 12.2. The van der Waals surface area contributed by atoms with Crippen molar-refractivity contribution in [2.24, 2.45) is 5.92 Å². The van der Waals surface area contributed by atoms with Gasteiger partial charge in [0.05, 0.1) is 12.2 Å². The number of nitrogens with zero attached hydrogens (tertiary/aromatic N) is 2. The zero-order valence-electron chi connectivity index (χ0n) is 14.7. The predicted molar refractivity (Wildman–Crippen MR) is 88.9 cm³/mol. The van der Waals surface area contributed by atoms with Gasteiger partial charge in [-0.15, -0.1) is 0 Å². The first-order valence-electron chi connectivity index (χ1n) is 8.85. The summed E-state index contributed by atoms with van der Waals surface area (Å²) in [6, 6.07) is 0.594. The molecule has 0 atom stereocenters. The van der Waals surface area contributed by atoms with Crippen LogP contribution in [0, 0.1) is 5.92 Å². The molecule has 0 spiro atoms. The minimum Gasteiger partial charge on any atom is -0.373 e. The summed E-state index contributed by atoms with van der Waals surface area (Å²) in [7, 11) is 0. The van der Waals surface area contributed by atoms with E-state index in [1.165, 1.54) is 0 Å². The molecule has 5 nitrogen and oxygen atoms in total. The van der Waals surface area contributed by atoms with E-state index in [1.54, 1.807) is 0 Å². The van der Waals surface area contributed by atoms with Gasteiger partial charge in [0, 0.05) is 38.1 Å². The van der Waals surface area contributed by atoms with Gasteiger partial charge in [0.2, 0.25) is 5.91 Å². The molecule has 0 aromatic heterocycles. The predicted octanol–water partition coefficient (Wildman–Crippen LogP) is 1.33. The molecule has 0 saturated carbocycles. The van der Waals surface area contributed by atoms with Crippen molar-refractivity contribution < 1.29 is 9.53 Å². The number of hydrogen-bond acceptors (Lipinski definition) is 4. The number of carbonyl (C=O) groups is 1. The van der Waals surface area contributed by atoms with Crippen molar-refractivity contribution in [2.45, 2.75) is 58.8 Å². The summed E-state index contributed by atoms with van der Waals surface area (Å²) in [5.41, 5.74) is 0. The number of ether oxygens (including phenoxy) is 1. The van der Waals surface area contributed by atoms with Gasteiger partial charge in [0.15, 0.2) is 0 Å². The molecule has 1 N–H and O–H groups in total. The van der Waals surface area contributed by atoms with Crippen molar-refractivity contribution in [3.05, 3.63) is 0 Å². The highest BCUT2D eigenvalue weighted by atomic mass is 16.5. The normalized spacial score (nSPS) is 22.3. The fourth-order valence-electron chi connectivity index (χ4n) is 3.34. The van der Waals surface area contributed by atoms with E-state index in [-0.39, 0.29) is 11.8 Å². The maximum Gasteiger partial charge on any atom is 0.223 e. The van der Waals surface area contributed by atoms with Gasteiger partial charge in [0.1, 0.15) is 0 Å². The van der Waals surface area contributed by atoms with Gasteiger partial charge in [-0.25, -0.2) is 0 Å². The first-order chi connectivity index (χ1) is 10.5. The summed E-state index contributed by atoms with van der Waals surface area (Å²) >= 11 is 0. The number of carbonyl (C=O) groups excluding carboxylic acids is 1. The molecule has 2 aliphatic heterocycles. The molecule has 0 aliphatic carbocycles. The van der Waals surface area contributed by atoms with E-state index < -0.39 is 0 Å². The fourth-order valence-corrected chi connectivity index (χ4v) is 3.34. The third-order valence-corrected chi connectivity index (χ3v) is 4.75. The largest absolute Gasteiger partial charge is 0.373 e. The molecule has 2 fully saturated rings. The van der Waals surface area contributed by atoms with Crippen LogP contribution in [0.5, 0.6) is 0 Å². The van der Waals surface area contributed by atoms with Gasteiger partial charge in [-0.1, -0.05) is 0 Å². The van der Waals surface area contributed by atoms with Crippen LogP contribution in [0.15, 0.2) is 0 Å². The summed E-state index contributed by atoms with van der Waals surface area (Å²) < 4.78 is 5.73.